The minimum absolute atomic E-state index is 0.255. The van der Waals surface area contributed by atoms with Crippen LogP contribution in [0.4, 0.5) is 0 Å². The van der Waals surface area contributed by atoms with E-state index in [2.05, 4.69) is 76.0 Å². The van der Waals surface area contributed by atoms with Crippen molar-refractivity contribution < 1.29 is 0 Å². The zero-order chi connectivity index (χ0) is 17.3. The molecule has 1 aliphatic carbocycles. The number of allylic oxidation sites excluding steroid dienone is 3. The molecule has 2 aromatic carbocycles. The summed E-state index contributed by atoms with van der Waals surface area (Å²) in [5.41, 5.74) is 10.4. The van der Waals surface area contributed by atoms with Gasteiger partial charge in [-0.1, -0.05) is 67.8 Å². The van der Waals surface area contributed by atoms with E-state index in [-0.39, 0.29) is 5.92 Å². The zero-order valence-electron chi connectivity index (χ0n) is 14.9. The van der Waals surface area contributed by atoms with Crippen LogP contribution in [0.5, 0.6) is 0 Å². The molecular formula is C24H26. The molecule has 0 saturated heterocycles. The van der Waals surface area contributed by atoms with E-state index in [0.717, 1.165) is 30.4 Å². The van der Waals surface area contributed by atoms with Crippen molar-refractivity contribution in [2.75, 3.05) is 0 Å². The molecule has 0 aromatic heterocycles. The molecule has 0 radical (unpaired) electrons. The predicted molar refractivity (Wildman–Crippen MR) is 105 cm³/mol. The van der Waals surface area contributed by atoms with Gasteiger partial charge in [0.1, 0.15) is 0 Å². The molecule has 1 atom stereocenters. The molecule has 2 aromatic rings. The first kappa shape index (κ1) is 16.5. The molecule has 1 unspecified atom stereocenters. The van der Waals surface area contributed by atoms with Crippen LogP contribution < -0.4 is 0 Å². The number of rotatable bonds is 4. The van der Waals surface area contributed by atoms with Gasteiger partial charge in [-0.3, -0.25) is 0 Å². The Morgan fingerprint density at radius 1 is 0.875 bits per heavy atom. The van der Waals surface area contributed by atoms with E-state index in [1.807, 2.05) is 0 Å². The fourth-order valence-electron chi connectivity index (χ4n) is 3.77. The zero-order valence-corrected chi connectivity index (χ0v) is 14.9. The third-order valence-corrected chi connectivity index (χ3v) is 5.27. The molecule has 1 aliphatic rings. The lowest BCUT2D eigenvalue weighted by atomic mass is 9.90. The first-order chi connectivity index (χ1) is 11.5. The summed E-state index contributed by atoms with van der Waals surface area (Å²) < 4.78 is 0. The third-order valence-electron chi connectivity index (χ3n) is 5.27. The van der Waals surface area contributed by atoms with Crippen LogP contribution in [0.3, 0.4) is 0 Å². The van der Waals surface area contributed by atoms with E-state index >= 15 is 0 Å². The highest BCUT2D eigenvalue weighted by Crippen LogP contribution is 2.44. The Morgan fingerprint density at radius 3 is 2.04 bits per heavy atom. The van der Waals surface area contributed by atoms with Crippen LogP contribution in [-0.2, 0) is 12.8 Å². The molecule has 1 fully saturated rings. The van der Waals surface area contributed by atoms with Crippen molar-refractivity contribution in [2.24, 2.45) is 0 Å². The summed E-state index contributed by atoms with van der Waals surface area (Å²) in [7, 11) is 0. The average Bonchev–Trinajstić information content (AvgIpc) is 2.80. The van der Waals surface area contributed by atoms with Gasteiger partial charge in [0.05, 0.1) is 0 Å². The van der Waals surface area contributed by atoms with Gasteiger partial charge in [0, 0.05) is 5.92 Å². The average molecular weight is 314 g/mol. The topological polar surface area (TPSA) is 0 Å². The van der Waals surface area contributed by atoms with Crippen LogP contribution in [0.1, 0.15) is 40.2 Å². The number of hydrogen-bond acceptors (Lipinski definition) is 0. The minimum Gasteiger partial charge on any atom is -0.0986 e. The maximum atomic E-state index is 4.21. The molecular weight excluding hydrogens is 288 g/mol. The third kappa shape index (κ3) is 3.14. The first-order valence-corrected chi connectivity index (χ1v) is 8.66. The maximum absolute atomic E-state index is 4.21. The lowest BCUT2D eigenvalue weighted by Gasteiger charge is -2.14. The summed E-state index contributed by atoms with van der Waals surface area (Å²) in [5.74, 6) is 0.255. The lowest BCUT2D eigenvalue weighted by molar-refractivity contribution is 0.931. The van der Waals surface area contributed by atoms with Crippen LogP contribution >= 0.6 is 0 Å². The van der Waals surface area contributed by atoms with Gasteiger partial charge in [0.2, 0.25) is 0 Å². The van der Waals surface area contributed by atoms with Crippen molar-refractivity contribution in [1.82, 2.24) is 0 Å². The molecule has 0 N–H and O–H groups in total. The van der Waals surface area contributed by atoms with Crippen molar-refractivity contribution in [3.05, 3.63) is 107 Å². The Hall–Kier alpha value is -2.34. The Morgan fingerprint density at radius 2 is 1.50 bits per heavy atom. The van der Waals surface area contributed by atoms with Gasteiger partial charge in [-0.15, -0.1) is 0 Å². The van der Waals surface area contributed by atoms with E-state index in [9.17, 15) is 0 Å². The summed E-state index contributed by atoms with van der Waals surface area (Å²) in [6, 6.07) is 15.5. The quantitative estimate of drug-likeness (QED) is 0.586. The van der Waals surface area contributed by atoms with Gasteiger partial charge in [-0.25, -0.2) is 0 Å². The highest BCUT2D eigenvalue weighted by atomic mass is 14.3. The molecule has 3 rings (SSSR count). The van der Waals surface area contributed by atoms with Crippen LogP contribution in [0, 0.1) is 13.8 Å². The largest absolute Gasteiger partial charge is 0.0986 e. The van der Waals surface area contributed by atoms with Crippen LogP contribution in [-0.4, -0.2) is 0 Å². The number of benzene rings is 2. The van der Waals surface area contributed by atoms with Gasteiger partial charge >= 0.3 is 0 Å². The smallest absolute Gasteiger partial charge is 0.0296 e. The van der Waals surface area contributed by atoms with Crippen LogP contribution in [0.25, 0.3) is 0 Å². The molecule has 122 valence electrons. The van der Waals surface area contributed by atoms with E-state index in [1.54, 1.807) is 0 Å². The molecule has 0 nitrogen and oxygen atoms in total. The summed E-state index contributed by atoms with van der Waals surface area (Å²) in [4.78, 5) is 0. The van der Waals surface area contributed by atoms with E-state index in [0.29, 0.717) is 0 Å². The molecule has 0 spiro atoms. The summed E-state index contributed by atoms with van der Waals surface area (Å²) in [6.07, 6.45) is 3.06. The molecule has 0 heterocycles. The molecule has 1 saturated carbocycles. The molecule has 0 heteroatoms. The van der Waals surface area contributed by atoms with E-state index < -0.39 is 0 Å². The van der Waals surface area contributed by atoms with Crippen molar-refractivity contribution in [3.63, 3.8) is 0 Å². The van der Waals surface area contributed by atoms with Crippen molar-refractivity contribution in [1.29, 1.82) is 0 Å². The molecule has 0 amide bonds. The molecule has 24 heavy (non-hydrogen) atoms. The maximum Gasteiger partial charge on any atom is 0.0296 e. The fourth-order valence-corrected chi connectivity index (χ4v) is 3.77. The predicted octanol–water partition coefficient (Wildman–Crippen LogP) is 6.24. The molecule has 0 bridgehead atoms. The Kier molecular flexibility index (Phi) is 4.57. The molecule has 0 aliphatic heterocycles. The number of aryl methyl sites for hydroxylation is 3. The standard InChI is InChI=1S/C24H26/c1-16-7-6-8-17(2)23(16)14-11-21-9-12-22(13-10-21)24-19(4)15-18(3)20(24)5/h6-10,12-13,24H,3-5,11,14-15H2,1-2H3. The monoisotopic (exact) mass is 314 g/mol. The lowest BCUT2D eigenvalue weighted by Crippen LogP contribution is -1.99. The van der Waals surface area contributed by atoms with Crippen molar-refractivity contribution in [2.45, 2.75) is 39.0 Å². The SMILES string of the molecule is C=C1CC(=C)C(c2ccc(CCc3c(C)cccc3C)cc2)C1=C. The first-order valence-electron chi connectivity index (χ1n) is 8.66. The minimum atomic E-state index is 0.255. The number of hydrogen-bond donors (Lipinski definition) is 0. The summed E-state index contributed by atoms with van der Waals surface area (Å²) >= 11 is 0. The van der Waals surface area contributed by atoms with Gasteiger partial charge in [-0.2, -0.15) is 0 Å². The second kappa shape index (κ2) is 6.65. The normalized spacial score (nSPS) is 17.6. The van der Waals surface area contributed by atoms with Crippen LogP contribution in [0.15, 0.2) is 78.9 Å². The summed E-state index contributed by atoms with van der Waals surface area (Å²) in [5, 5.41) is 0. The Bertz CT molecular complexity index is 782. The highest BCUT2D eigenvalue weighted by molar-refractivity contribution is 5.53. The second-order valence-corrected chi connectivity index (χ2v) is 7.01. The summed E-state index contributed by atoms with van der Waals surface area (Å²) in [6.45, 7) is 16.9. The second-order valence-electron chi connectivity index (χ2n) is 7.01. The van der Waals surface area contributed by atoms with Gasteiger partial charge < -0.3 is 0 Å². The Balaban J connectivity index is 1.73. The Labute approximate surface area is 146 Å². The van der Waals surface area contributed by atoms with Crippen molar-refractivity contribution >= 4 is 0 Å². The highest BCUT2D eigenvalue weighted by Gasteiger charge is 2.27. The van der Waals surface area contributed by atoms with Gasteiger partial charge in [0.25, 0.3) is 0 Å². The fraction of sp³-hybridized carbons (Fsp3) is 0.250. The van der Waals surface area contributed by atoms with Gasteiger partial charge in [-0.05, 0) is 72.1 Å². The van der Waals surface area contributed by atoms with Crippen LogP contribution in [0.2, 0.25) is 0 Å². The van der Waals surface area contributed by atoms with Crippen molar-refractivity contribution in [3.8, 4) is 0 Å². The van der Waals surface area contributed by atoms with E-state index in [1.165, 1.54) is 33.4 Å². The van der Waals surface area contributed by atoms with Gasteiger partial charge in [0.15, 0.2) is 0 Å². The van der Waals surface area contributed by atoms with E-state index in [4.69, 9.17) is 0 Å².